The molecule has 0 fully saturated rings. The zero-order valence-corrected chi connectivity index (χ0v) is 16.5. The van der Waals surface area contributed by atoms with E-state index in [0.717, 1.165) is 0 Å². The average Bonchev–Trinajstić information content (AvgIpc) is 3.00. The zero-order chi connectivity index (χ0) is 19.6. The summed E-state index contributed by atoms with van der Waals surface area (Å²) < 4.78 is 40.6. The minimum Gasteiger partial charge on any atom is -0.493 e. The van der Waals surface area contributed by atoms with Crippen molar-refractivity contribution in [2.75, 3.05) is 14.2 Å². The number of fused-ring (bicyclic) bond motifs is 1. The maximum Gasteiger partial charge on any atom is 0.417 e. The van der Waals surface area contributed by atoms with Crippen LogP contribution in [0.15, 0.2) is 54.0 Å². The van der Waals surface area contributed by atoms with Crippen LogP contribution >= 0.6 is 15.9 Å². The SMILES string of the molecule is COc1cc(/C=N/NS(=O)(=O)c2ccc3[nH]c(=O)oc3c2)cc(Br)c1OC. The van der Waals surface area contributed by atoms with Gasteiger partial charge < -0.3 is 13.9 Å². The molecule has 2 aromatic carbocycles. The zero-order valence-electron chi connectivity index (χ0n) is 14.1. The molecule has 27 heavy (non-hydrogen) atoms. The molecule has 9 nitrogen and oxygen atoms in total. The number of ether oxygens (including phenoxy) is 2. The highest BCUT2D eigenvalue weighted by Gasteiger charge is 2.15. The van der Waals surface area contributed by atoms with E-state index in [1.165, 1.54) is 38.6 Å². The lowest BCUT2D eigenvalue weighted by Gasteiger charge is -2.10. The van der Waals surface area contributed by atoms with E-state index >= 15 is 0 Å². The number of H-pyrrole nitrogens is 1. The summed E-state index contributed by atoms with van der Waals surface area (Å²) in [5.41, 5.74) is 1.11. The molecule has 1 aromatic heterocycles. The Balaban J connectivity index is 1.83. The molecule has 0 aliphatic heterocycles. The van der Waals surface area contributed by atoms with Crippen LogP contribution in [0.2, 0.25) is 0 Å². The third-order valence-corrected chi connectivity index (χ3v) is 5.35. The molecule has 142 valence electrons. The molecule has 0 bridgehead atoms. The van der Waals surface area contributed by atoms with Crippen LogP contribution in [0.1, 0.15) is 5.56 Å². The van der Waals surface area contributed by atoms with E-state index in [1.54, 1.807) is 12.1 Å². The fraction of sp³-hybridized carbons (Fsp3) is 0.125. The standard InChI is InChI=1S/C16H14BrN3O6S/c1-24-14-6-9(5-11(17)15(14)25-2)8-18-20-27(22,23)10-3-4-12-13(7-10)26-16(21)19-12/h3-8,20H,1-2H3,(H,19,21)/b18-8+. The molecule has 0 aliphatic carbocycles. The van der Waals surface area contributed by atoms with Gasteiger partial charge in [0.15, 0.2) is 17.1 Å². The summed E-state index contributed by atoms with van der Waals surface area (Å²) >= 11 is 3.35. The van der Waals surface area contributed by atoms with Crippen LogP contribution in [0.5, 0.6) is 11.5 Å². The molecule has 0 amide bonds. The van der Waals surface area contributed by atoms with Gasteiger partial charge in [-0.05, 0) is 45.8 Å². The fourth-order valence-electron chi connectivity index (χ4n) is 2.33. The maximum atomic E-state index is 12.4. The maximum absolute atomic E-state index is 12.4. The van der Waals surface area contributed by atoms with Gasteiger partial charge in [0.1, 0.15) is 0 Å². The Morgan fingerprint density at radius 2 is 2.00 bits per heavy atom. The van der Waals surface area contributed by atoms with Crippen LogP contribution in [0.4, 0.5) is 0 Å². The van der Waals surface area contributed by atoms with Crippen LogP contribution < -0.4 is 20.1 Å². The first kappa shape index (κ1) is 19.0. The monoisotopic (exact) mass is 455 g/mol. The third-order valence-electron chi connectivity index (χ3n) is 3.55. The van der Waals surface area contributed by atoms with Gasteiger partial charge in [-0.15, -0.1) is 0 Å². The second-order valence-electron chi connectivity index (χ2n) is 5.26. The number of rotatable bonds is 6. The third kappa shape index (κ3) is 3.98. The number of nitrogens with zero attached hydrogens (tertiary/aromatic N) is 1. The number of benzene rings is 2. The molecule has 2 N–H and O–H groups in total. The predicted molar refractivity (Wildman–Crippen MR) is 102 cm³/mol. The van der Waals surface area contributed by atoms with Crippen molar-refractivity contribution in [2.24, 2.45) is 5.10 Å². The van der Waals surface area contributed by atoms with Gasteiger partial charge >= 0.3 is 5.76 Å². The summed E-state index contributed by atoms with van der Waals surface area (Å²) in [6.45, 7) is 0. The van der Waals surface area contributed by atoms with Crippen molar-refractivity contribution in [2.45, 2.75) is 4.90 Å². The number of oxazole rings is 1. The van der Waals surface area contributed by atoms with Crippen LogP contribution in [-0.2, 0) is 10.0 Å². The van der Waals surface area contributed by atoms with E-state index in [-0.39, 0.29) is 10.5 Å². The van der Waals surface area contributed by atoms with Gasteiger partial charge in [-0.2, -0.15) is 13.5 Å². The number of sulfonamides is 1. The molecule has 0 radical (unpaired) electrons. The largest absolute Gasteiger partial charge is 0.493 e. The lowest BCUT2D eigenvalue weighted by molar-refractivity contribution is 0.353. The number of methoxy groups -OCH3 is 2. The number of aromatic nitrogens is 1. The molecule has 3 rings (SSSR count). The van der Waals surface area contributed by atoms with Gasteiger partial charge in [-0.3, -0.25) is 4.98 Å². The first-order valence-corrected chi connectivity index (χ1v) is 9.71. The summed E-state index contributed by atoms with van der Waals surface area (Å²) in [6.07, 6.45) is 1.32. The van der Waals surface area contributed by atoms with Crippen LogP contribution in [-0.4, -0.2) is 33.8 Å². The van der Waals surface area contributed by atoms with E-state index < -0.39 is 15.8 Å². The lowest BCUT2D eigenvalue weighted by atomic mass is 10.2. The van der Waals surface area contributed by atoms with Crippen molar-refractivity contribution in [1.29, 1.82) is 0 Å². The van der Waals surface area contributed by atoms with E-state index in [2.05, 4.69) is 30.8 Å². The van der Waals surface area contributed by atoms with Crippen LogP contribution in [0.3, 0.4) is 0 Å². The summed E-state index contributed by atoms with van der Waals surface area (Å²) in [4.78, 5) is 15.6. The van der Waals surface area contributed by atoms with Crippen molar-refractivity contribution >= 4 is 43.3 Å². The Morgan fingerprint density at radius 1 is 1.22 bits per heavy atom. The quantitative estimate of drug-likeness (QED) is 0.433. The van der Waals surface area contributed by atoms with Gasteiger partial charge in [0.25, 0.3) is 10.0 Å². The van der Waals surface area contributed by atoms with Gasteiger partial charge in [0.05, 0.1) is 35.3 Å². The average molecular weight is 456 g/mol. The number of hydrogen-bond acceptors (Lipinski definition) is 7. The molecule has 0 aliphatic rings. The summed E-state index contributed by atoms with van der Waals surface area (Å²) in [5, 5.41) is 3.77. The topological polar surface area (TPSA) is 123 Å². The Morgan fingerprint density at radius 3 is 2.70 bits per heavy atom. The number of aromatic amines is 1. The van der Waals surface area contributed by atoms with Crippen molar-refractivity contribution < 1.29 is 22.3 Å². The highest BCUT2D eigenvalue weighted by atomic mass is 79.9. The van der Waals surface area contributed by atoms with Crippen molar-refractivity contribution in [1.82, 2.24) is 9.82 Å². The molecule has 0 atom stereocenters. The van der Waals surface area contributed by atoms with E-state index in [4.69, 9.17) is 13.9 Å². The molecule has 0 unspecified atom stereocenters. The molecular weight excluding hydrogens is 442 g/mol. The van der Waals surface area contributed by atoms with Gasteiger partial charge in [0, 0.05) is 6.07 Å². The van der Waals surface area contributed by atoms with Crippen LogP contribution in [0.25, 0.3) is 11.1 Å². The first-order valence-electron chi connectivity index (χ1n) is 7.43. The molecule has 0 saturated carbocycles. The fourth-order valence-corrected chi connectivity index (χ4v) is 3.76. The Bertz CT molecular complexity index is 1180. The normalized spacial score (nSPS) is 11.8. The van der Waals surface area contributed by atoms with E-state index in [1.807, 2.05) is 0 Å². The molecule has 11 heteroatoms. The number of hydrogen-bond donors (Lipinski definition) is 2. The number of hydrazone groups is 1. The Hall–Kier alpha value is -2.79. The highest BCUT2D eigenvalue weighted by molar-refractivity contribution is 9.10. The van der Waals surface area contributed by atoms with E-state index in [9.17, 15) is 13.2 Å². The number of halogens is 1. The van der Waals surface area contributed by atoms with Crippen molar-refractivity contribution in [3.63, 3.8) is 0 Å². The molecule has 3 aromatic rings. The lowest BCUT2D eigenvalue weighted by Crippen LogP contribution is -2.18. The van der Waals surface area contributed by atoms with Gasteiger partial charge in [-0.1, -0.05) is 0 Å². The second kappa shape index (κ2) is 7.45. The van der Waals surface area contributed by atoms with Crippen LogP contribution in [0, 0.1) is 0 Å². The van der Waals surface area contributed by atoms with Gasteiger partial charge in [-0.25, -0.2) is 9.63 Å². The molecule has 0 spiro atoms. The Kier molecular flexibility index (Phi) is 5.24. The summed E-state index contributed by atoms with van der Waals surface area (Å²) in [5.74, 6) is 0.310. The van der Waals surface area contributed by atoms with E-state index in [0.29, 0.717) is 27.1 Å². The summed E-state index contributed by atoms with van der Waals surface area (Å²) in [6, 6.07) is 7.34. The van der Waals surface area contributed by atoms with Crippen molar-refractivity contribution in [3.05, 3.63) is 50.9 Å². The smallest absolute Gasteiger partial charge is 0.417 e. The second-order valence-corrected chi connectivity index (χ2v) is 7.78. The summed E-state index contributed by atoms with van der Waals surface area (Å²) in [7, 11) is -0.945. The minimum atomic E-state index is -3.94. The molecular formula is C16H14BrN3O6S. The first-order chi connectivity index (χ1) is 12.8. The minimum absolute atomic E-state index is 0.0941. The predicted octanol–water partition coefficient (Wildman–Crippen LogP) is 2.21. The van der Waals surface area contributed by atoms with Gasteiger partial charge in [0.2, 0.25) is 0 Å². The van der Waals surface area contributed by atoms with Crippen molar-refractivity contribution in [3.8, 4) is 11.5 Å². The Labute approximate surface area is 162 Å². The molecule has 1 heterocycles. The molecule has 0 saturated heterocycles. The highest BCUT2D eigenvalue weighted by Crippen LogP contribution is 2.35. The number of nitrogens with one attached hydrogen (secondary N) is 2.